The van der Waals surface area contributed by atoms with Crippen LogP contribution >= 0.6 is 15.9 Å². The van der Waals surface area contributed by atoms with E-state index in [0.717, 1.165) is 28.8 Å². The van der Waals surface area contributed by atoms with Crippen LogP contribution in [0.5, 0.6) is 0 Å². The molecule has 1 aromatic rings. The minimum absolute atomic E-state index is 0.733. The lowest BCUT2D eigenvalue weighted by atomic mass is 9.81. The van der Waals surface area contributed by atoms with Crippen LogP contribution in [0.4, 0.5) is 5.95 Å². The first-order valence-electron chi connectivity index (χ1n) is 6.45. The normalized spacial score (nSPS) is 24.6. The van der Waals surface area contributed by atoms with Gasteiger partial charge in [-0.2, -0.15) is 0 Å². The smallest absolute Gasteiger partial charge is 0.222 e. The number of nitrogens with zero attached hydrogens (tertiary/aromatic N) is 2. The summed E-state index contributed by atoms with van der Waals surface area (Å²) in [7, 11) is 0. The number of nitrogens with one attached hydrogen (secondary N) is 1. The van der Waals surface area contributed by atoms with Crippen LogP contribution in [0, 0.1) is 11.8 Å². The highest BCUT2D eigenvalue weighted by Gasteiger charge is 2.18. The molecule has 0 spiro atoms. The van der Waals surface area contributed by atoms with Gasteiger partial charge in [-0.15, -0.1) is 0 Å². The largest absolute Gasteiger partial charge is 0.354 e. The molecule has 1 aliphatic carbocycles. The molecule has 0 aliphatic heterocycles. The quantitative estimate of drug-likeness (QED) is 0.917. The summed E-state index contributed by atoms with van der Waals surface area (Å²) in [5.74, 6) is 2.54. The first-order valence-corrected chi connectivity index (χ1v) is 7.25. The summed E-state index contributed by atoms with van der Waals surface area (Å²) in [5.41, 5.74) is 0. The summed E-state index contributed by atoms with van der Waals surface area (Å²) >= 11 is 3.33. The molecule has 2 atom stereocenters. The van der Waals surface area contributed by atoms with Gasteiger partial charge in [-0.1, -0.05) is 26.2 Å². The van der Waals surface area contributed by atoms with Crippen molar-refractivity contribution >= 4 is 21.9 Å². The first kappa shape index (κ1) is 12.8. The lowest BCUT2D eigenvalue weighted by molar-refractivity contribution is 0.274. The predicted octanol–water partition coefficient (Wildman–Crippen LogP) is 3.87. The number of halogens is 1. The third-order valence-electron chi connectivity index (χ3n) is 3.50. The minimum Gasteiger partial charge on any atom is -0.354 e. The van der Waals surface area contributed by atoms with Crippen LogP contribution in [0.15, 0.2) is 16.9 Å². The fourth-order valence-corrected chi connectivity index (χ4v) is 2.82. The molecule has 17 heavy (non-hydrogen) atoms. The monoisotopic (exact) mass is 297 g/mol. The maximum absolute atomic E-state index is 4.21. The van der Waals surface area contributed by atoms with Gasteiger partial charge >= 0.3 is 0 Å². The van der Waals surface area contributed by atoms with Crippen molar-refractivity contribution in [3.05, 3.63) is 16.9 Å². The minimum atomic E-state index is 0.733. The van der Waals surface area contributed by atoms with E-state index < -0.39 is 0 Å². The average molecular weight is 298 g/mol. The van der Waals surface area contributed by atoms with Crippen molar-refractivity contribution in [2.75, 3.05) is 11.9 Å². The van der Waals surface area contributed by atoms with E-state index in [0.29, 0.717) is 0 Å². The van der Waals surface area contributed by atoms with Gasteiger partial charge < -0.3 is 5.32 Å². The summed E-state index contributed by atoms with van der Waals surface area (Å²) < 4.78 is 0.921. The number of aromatic nitrogens is 2. The Labute approximate surface area is 112 Å². The van der Waals surface area contributed by atoms with Gasteiger partial charge in [0.1, 0.15) is 0 Å². The van der Waals surface area contributed by atoms with E-state index in [1.807, 2.05) is 0 Å². The van der Waals surface area contributed by atoms with Gasteiger partial charge in [-0.25, -0.2) is 9.97 Å². The van der Waals surface area contributed by atoms with Crippen molar-refractivity contribution in [3.8, 4) is 0 Å². The lowest BCUT2D eigenvalue weighted by Crippen LogP contribution is -2.17. The molecule has 1 aromatic heterocycles. The molecule has 1 saturated carbocycles. The fraction of sp³-hybridized carbons (Fsp3) is 0.692. The zero-order valence-electron chi connectivity index (χ0n) is 10.3. The van der Waals surface area contributed by atoms with Crippen LogP contribution in [-0.2, 0) is 0 Å². The molecule has 0 bridgehead atoms. The topological polar surface area (TPSA) is 37.8 Å². The average Bonchev–Trinajstić information content (AvgIpc) is 2.32. The Hall–Kier alpha value is -0.640. The van der Waals surface area contributed by atoms with Crippen LogP contribution in [0.1, 0.15) is 39.0 Å². The number of hydrogen-bond acceptors (Lipinski definition) is 3. The van der Waals surface area contributed by atoms with Crippen LogP contribution in [0.3, 0.4) is 0 Å². The Bertz CT molecular complexity index is 339. The Balaban J connectivity index is 1.70. The molecule has 1 fully saturated rings. The molecule has 4 heteroatoms. The molecule has 3 nitrogen and oxygen atoms in total. The van der Waals surface area contributed by atoms with Gasteiger partial charge in [0.05, 0.1) is 4.47 Å². The van der Waals surface area contributed by atoms with Gasteiger partial charge in [-0.05, 0) is 40.6 Å². The maximum Gasteiger partial charge on any atom is 0.222 e. The van der Waals surface area contributed by atoms with Crippen molar-refractivity contribution < 1.29 is 0 Å². The second kappa shape index (κ2) is 6.34. The molecule has 0 aromatic carbocycles. The van der Waals surface area contributed by atoms with Crippen LogP contribution in [0.2, 0.25) is 0 Å². The summed E-state index contributed by atoms with van der Waals surface area (Å²) in [6, 6.07) is 0. The zero-order valence-corrected chi connectivity index (χ0v) is 11.9. The molecule has 1 heterocycles. The molecule has 94 valence electrons. The SMILES string of the molecule is CC1CCCC(CCNc2ncc(Br)cn2)C1. The summed E-state index contributed by atoms with van der Waals surface area (Å²) in [6.07, 6.45) is 10.4. The standard InChI is InChI=1S/C13H20BrN3/c1-10-3-2-4-11(7-10)5-6-15-13-16-8-12(14)9-17-13/h8-11H,2-7H2,1H3,(H,15,16,17). The van der Waals surface area contributed by atoms with Crippen LogP contribution in [0.25, 0.3) is 0 Å². The van der Waals surface area contributed by atoms with Gasteiger partial charge in [0.25, 0.3) is 0 Å². The van der Waals surface area contributed by atoms with Crippen molar-refractivity contribution in [3.63, 3.8) is 0 Å². The molecule has 1 aliphatic rings. The Morgan fingerprint density at radius 2 is 2.12 bits per heavy atom. The second-order valence-corrected chi connectivity index (χ2v) is 5.99. The van der Waals surface area contributed by atoms with E-state index in [4.69, 9.17) is 0 Å². The number of hydrogen-bond donors (Lipinski definition) is 1. The van der Waals surface area contributed by atoms with Gasteiger partial charge in [0.15, 0.2) is 0 Å². The van der Waals surface area contributed by atoms with Gasteiger partial charge in [-0.3, -0.25) is 0 Å². The van der Waals surface area contributed by atoms with Crippen molar-refractivity contribution in [1.29, 1.82) is 0 Å². The number of anilines is 1. The third kappa shape index (κ3) is 4.26. The van der Waals surface area contributed by atoms with E-state index >= 15 is 0 Å². The van der Waals surface area contributed by atoms with E-state index in [1.54, 1.807) is 12.4 Å². The van der Waals surface area contributed by atoms with Crippen LogP contribution in [-0.4, -0.2) is 16.5 Å². The predicted molar refractivity (Wildman–Crippen MR) is 74.0 cm³/mol. The van der Waals surface area contributed by atoms with E-state index in [9.17, 15) is 0 Å². The van der Waals surface area contributed by atoms with Crippen molar-refractivity contribution in [2.45, 2.75) is 39.0 Å². The highest BCUT2D eigenvalue weighted by Crippen LogP contribution is 2.30. The Kier molecular flexibility index (Phi) is 4.77. The second-order valence-electron chi connectivity index (χ2n) is 5.08. The van der Waals surface area contributed by atoms with Gasteiger partial charge in [0, 0.05) is 18.9 Å². The highest BCUT2D eigenvalue weighted by atomic mass is 79.9. The Morgan fingerprint density at radius 3 is 2.82 bits per heavy atom. The van der Waals surface area contributed by atoms with Crippen LogP contribution < -0.4 is 5.32 Å². The molecule has 2 rings (SSSR count). The summed E-state index contributed by atoms with van der Waals surface area (Å²) in [5, 5.41) is 3.29. The summed E-state index contributed by atoms with van der Waals surface area (Å²) in [6.45, 7) is 3.36. The lowest BCUT2D eigenvalue weighted by Gasteiger charge is -2.26. The molecule has 1 N–H and O–H groups in total. The molecular formula is C13H20BrN3. The van der Waals surface area contributed by atoms with Crippen molar-refractivity contribution in [2.24, 2.45) is 11.8 Å². The zero-order chi connectivity index (χ0) is 12.1. The third-order valence-corrected chi connectivity index (χ3v) is 3.91. The molecule has 0 radical (unpaired) electrons. The molecule has 2 unspecified atom stereocenters. The molecule has 0 amide bonds. The summed E-state index contributed by atoms with van der Waals surface area (Å²) in [4.78, 5) is 8.41. The van der Waals surface area contributed by atoms with E-state index in [-0.39, 0.29) is 0 Å². The molecule has 0 saturated heterocycles. The van der Waals surface area contributed by atoms with E-state index in [1.165, 1.54) is 32.1 Å². The molecular weight excluding hydrogens is 278 g/mol. The number of rotatable bonds is 4. The van der Waals surface area contributed by atoms with E-state index in [2.05, 4.69) is 38.1 Å². The fourth-order valence-electron chi connectivity index (χ4n) is 2.61. The first-order chi connectivity index (χ1) is 8.24. The Morgan fingerprint density at radius 1 is 1.35 bits per heavy atom. The maximum atomic E-state index is 4.21. The van der Waals surface area contributed by atoms with Gasteiger partial charge in [0.2, 0.25) is 5.95 Å². The highest BCUT2D eigenvalue weighted by molar-refractivity contribution is 9.10. The van der Waals surface area contributed by atoms with Crippen molar-refractivity contribution in [1.82, 2.24) is 9.97 Å².